The molecule has 0 bridgehead atoms. The summed E-state index contributed by atoms with van der Waals surface area (Å²) in [6.07, 6.45) is 0. The Morgan fingerprint density at radius 2 is 1.96 bits per heavy atom. The van der Waals surface area contributed by atoms with Crippen LogP contribution in [0.1, 0.15) is 33.5 Å². The van der Waals surface area contributed by atoms with Crippen LogP contribution in [0.5, 0.6) is 0 Å². The third kappa shape index (κ3) is 3.01. The quantitative estimate of drug-likeness (QED) is 0.692. The molecule has 3 aromatic rings. The van der Waals surface area contributed by atoms with Crippen molar-refractivity contribution in [3.8, 4) is 5.69 Å². The number of carbonyl (C=O) groups excluding carboxylic acids is 1. The molecule has 0 saturated carbocycles. The summed E-state index contributed by atoms with van der Waals surface area (Å²) in [6, 6.07) is 11.7. The van der Waals surface area contributed by atoms with Gasteiger partial charge in [0.05, 0.1) is 5.56 Å². The molecule has 0 N–H and O–H groups in total. The number of benzene rings is 1. The number of hydrogen-bond donors (Lipinski definition) is 0. The summed E-state index contributed by atoms with van der Waals surface area (Å²) < 4.78 is 12.2. The van der Waals surface area contributed by atoms with Crippen molar-refractivity contribution in [3.63, 3.8) is 0 Å². The van der Waals surface area contributed by atoms with E-state index in [-0.39, 0.29) is 12.5 Å². The van der Waals surface area contributed by atoms with Crippen LogP contribution in [0.2, 0.25) is 0 Å². The van der Waals surface area contributed by atoms with Gasteiger partial charge in [-0.15, -0.1) is 0 Å². The van der Waals surface area contributed by atoms with Gasteiger partial charge in [0, 0.05) is 17.1 Å². The van der Waals surface area contributed by atoms with Gasteiger partial charge in [-0.1, -0.05) is 23.4 Å². The minimum absolute atomic E-state index is 0.0331. The van der Waals surface area contributed by atoms with Gasteiger partial charge in [-0.25, -0.2) is 4.79 Å². The molecule has 0 atom stereocenters. The van der Waals surface area contributed by atoms with Gasteiger partial charge in [0.1, 0.15) is 0 Å². The van der Waals surface area contributed by atoms with E-state index in [4.69, 9.17) is 9.26 Å². The van der Waals surface area contributed by atoms with Crippen molar-refractivity contribution in [1.29, 1.82) is 0 Å². The number of carbonyl (C=O) groups is 1. The van der Waals surface area contributed by atoms with Gasteiger partial charge >= 0.3 is 5.97 Å². The Hall–Kier alpha value is -2.89. The van der Waals surface area contributed by atoms with Crippen LogP contribution in [-0.4, -0.2) is 20.7 Å². The predicted molar refractivity (Wildman–Crippen MR) is 83.4 cm³/mol. The van der Waals surface area contributed by atoms with Crippen LogP contribution in [-0.2, 0) is 11.3 Å². The number of aryl methyl sites for hydroxylation is 2. The van der Waals surface area contributed by atoms with E-state index in [1.54, 1.807) is 6.92 Å². The first-order valence-electron chi connectivity index (χ1n) is 7.27. The van der Waals surface area contributed by atoms with Crippen molar-refractivity contribution in [2.45, 2.75) is 27.4 Å². The summed E-state index contributed by atoms with van der Waals surface area (Å²) in [5.74, 6) is 0.391. The maximum absolute atomic E-state index is 12.3. The number of ether oxygens (including phenoxy) is 1. The minimum atomic E-state index is -0.406. The molecule has 2 aromatic heterocycles. The van der Waals surface area contributed by atoms with Gasteiger partial charge < -0.3 is 13.8 Å². The molecule has 0 amide bonds. The highest BCUT2D eigenvalue weighted by Crippen LogP contribution is 2.21. The molecule has 0 spiro atoms. The minimum Gasteiger partial charge on any atom is -0.452 e. The Kier molecular flexibility index (Phi) is 3.97. The molecule has 0 radical (unpaired) electrons. The van der Waals surface area contributed by atoms with Crippen LogP contribution in [0.25, 0.3) is 5.69 Å². The summed E-state index contributed by atoms with van der Waals surface area (Å²) >= 11 is 0. The summed E-state index contributed by atoms with van der Waals surface area (Å²) in [7, 11) is 0. The molecule has 3 rings (SSSR count). The highest BCUT2D eigenvalue weighted by Gasteiger charge is 2.18. The third-order valence-electron chi connectivity index (χ3n) is 3.56. The first kappa shape index (κ1) is 15.0. The van der Waals surface area contributed by atoms with Crippen LogP contribution in [0, 0.1) is 20.8 Å². The molecule has 1 aromatic carbocycles. The zero-order valence-corrected chi connectivity index (χ0v) is 13.2. The van der Waals surface area contributed by atoms with Gasteiger partial charge in [-0.05, 0) is 39.0 Å². The molecule has 118 valence electrons. The van der Waals surface area contributed by atoms with E-state index in [9.17, 15) is 4.79 Å². The zero-order valence-electron chi connectivity index (χ0n) is 13.2. The number of aromatic nitrogens is 3. The Morgan fingerprint density at radius 3 is 2.61 bits per heavy atom. The molecule has 6 nitrogen and oxygen atoms in total. The first-order valence-corrected chi connectivity index (χ1v) is 7.27. The van der Waals surface area contributed by atoms with Crippen molar-refractivity contribution < 1.29 is 14.1 Å². The number of nitrogens with zero attached hydrogens (tertiary/aromatic N) is 3. The average molecular weight is 311 g/mol. The van der Waals surface area contributed by atoms with Crippen molar-refractivity contribution >= 4 is 5.97 Å². The Bertz CT molecular complexity index is 834. The lowest BCUT2D eigenvalue weighted by Crippen LogP contribution is -2.07. The topological polar surface area (TPSA) is 70.2 Å². The molecule has 0 unspecified atom stereocenters. The van der Waals surface area contributed by atoms with E-state index in [0.717, 1.165) is 17.1 Å². The highest BCUT2D eigenvalue weighted by atomic mass is 16.6. The summed E-state index contributed by atoms with van der Waals surface area (Å²) in [4.78, 5) is 16.3. The largest absolute Gasteiger partial charge is 0.452 e. The fraction of sp³-hybridized carbons (Fsp3) is 0.235. The lowest BCUT2D eigenvalue weighted by molar-refractivity contribution is 0.0429. The van der Waals surface area contributed by atoms with E-state index < -0.39 is 5.97 Å². The molecule has 0 aliphatic heterocycles. The van der Waals surface area contributed by atoms with Gasteiger partial charge in [-0.2, -0.15) is 4.98 Å². The zero-order chi connectivity index (χ0) is 16.4. The highest BCUT2D eigenvalue weighted by molar-refractivity contribution is 5.91. The monoisotopic (exact) mass is 311 g/mol. The van der Waals surface area contributed by atoms with E-state index >= 15 is 0 Å². The van der Waals surface area contributed by atoms with Gasteiger partial charge in [-0.3, -0.25) is 0 Å². The first-order chi connectivity index (χ1) is 11.1. The Morgan fingerprint density at radius 1 is 1.22 bits per heavy atom. The molecular formula is C17H17N3O3. The second-order valence-corrected chi connectivity index (χ2v) is 5.27. The smallest absolute Gasteiger partial charge is 0.340 e. The standard InChI is InChI=1S/C17H17N3O3/c1-11-9-15(12(2)20(11)14-7-5-4-6-8-14)17(21)22-10-16-18-13(3)19-23-16/h4-9H,10H2,1-3H3. The molecule has 0 saturated heterocycles. The predicted octanol–water partition coefficient (Wildman–Crippen LogP) is 3.14. The van der Waals surface area contributed by atoms with E-state index in [0.29, 0.717) is 11.4 Å². The van der Waals surface area contributed by atoms with Crippen molar-refractivity contribution in [2.24, 2.45) is 0 Å². The van der Waals surface area contributed by atoms with E-state index in [2.05, 4.69) is 10.1 Å². The number of hydrogen-bond acceptors (Lipinski definition) is 5. The molecule has 0 fully saturated rings. The molecular weight excluding hydrogens is 294 g/mol. The number of para-hydroxylation sites is 1. The van der Waals surface area contributed by atoms with Crippen molar-refractivity contribution in [3.05, 3.63) is 65.1 Å². The normalized spacial score (nSPS) is 10.7. The maximum atomic E-state index is 12.3. The molecule has 6 heteroatoms. The van der Waals surface area contributed by atoms with Crippen LogP contribution in [0.15, 0.2) is 40.9 Å². The second-order valence-electron chi connectivity index (χ2n) is 5.27. The lowest BCUT2D eigenvalue weighted by atomic mass is 10.2. The van der Waals surface area contributed by atoms with Crippen LogP contribution >= 0.6 is 0 Å². The van der Waals surface area contributed by atoms with Crippen LogP contribution in [0.3, 0.4) is 0 Å². The van der Waals surface area contributed by atoms with Gasteiger partial charge in [0.25, 0.3) is 5.89 Å². The molecule has 0 aliphatic rings. The Balaban J connectivity index is 1.82. The molecule has 0 aliphatic carbocycles. The maximum Gasteiger partial charge on any atom is 0.340 e. The summed E-state index contributed by atoms with van der Waals surface area (Å²) in [5.41, 5.74) is 3.34. The molecule has 2 heterocycles. The van der Waals surface area contributed by atoms with E-state index in [1.165, 1.54) is 0 Å². The third-order valence-corrected chi connectivity index (χ3v) is 3.56. The van der Waals surface area contributed by atoms with Crippen LogP contribution < -0.4 is 0 Å². The van der Waals surface area contributed by atoms with Gasteiger partial charge in [0.2, 0.25) is 0 Å². The lowest BCUT2D eigenvalue weighted by Gasteiger charge is -2.09. The SMILES string of the molecule is Cc1noc(COC(=O)c2cc(C)n(-c3ccccc3)c2C)n1. The average Bonchev–Trinajstić information content (AvgIpc) is 3.09. The van der Waals surface area contributed by atoms with Gasteiger partial charge in [0.15, 0.2) is 12.4 Å². The van der Waals surface area contributed by atoms with Crippen molar-refractivity contribution in [1.82, 2.24) is 14.7 Å². The fourth-order valence-corrected chi connectivity index (χ4v) is 2.55. The Labute approximate surface area is 133 Å². The second kappa shape index (κ2) is 6.08. The number of esters is 1. The fourth-order valence-electron chi connectivity index (χ4n) is 2.55. The van der Waals surface area contributed by atoms with E-state index in [1.807, 2.05) is 54.8 Å². The van der Waals surface area contributed by atoms with Crippen LogP contribution in [0.4, 0.5) is 0 Å². The van der Waals surface area contributed by atoms with Crippen molar-refractivity contribution in [2.75, 3.05) is 0 Å². The number of rotatable bonds is 4. The summed E-state index contributed by atoms with van der Waals surface area (Å²) in [6.45, 7) is 5.53. The molecule has 23 heavy (non-hydrogen) atoms. The summed E-state index contributed by atoms with van der Waals surface area (Å²) in [5, 5.41) is 3.66.